The van der Waals surface area contributed by atoms with Crippen molar-refractivity contribution in [1.82, 2.24) is 0 Å². The lowest BCUT2D eigenvalue weighted by molar-refractivity contribution is 0.669. The van der Waals surface area contributed by atoms with Gasteiger partial charge in [0.2, 0.25) is 0 Å². The van der Waals surface area contributed by atoms with Gasteiger partial charge < -0.3 is 13.7 Å². The summed E-state index contributed by atoms with van der Waals surface area (Å²) in [5.41, 5.74) is 13.5. The highest BCUT2D eigenvalue weighted by atomic mass is 16.3. The molecule has 13 aromatic rings. The van der Waals surface area contributed by atoms with Gasteiger partial charge in [-0.15, -0.1) is 0 Å². The van der Waals surface area contributed by atoms with E-state index in [2.05, 4.69) is 217 Å². The molecule has 0 spiro atoms. The predicted molar refractivity (Wildman–Crippen MR) is 265 cm³/mol. The zero-order chi connectivity index (χ0) is 41.4. The third kappa shape index (κ3) is 5.75. The van der Waals surface area contributed by atoms with Gasteiger partial charge in [0.25, 0.3) is 0 Å². The van der Waals surface area contributed by atoms with E-state index in [4.69, 9.17) is 8.83 Å². The minimum atomic E-state index is 0.848. The van der Waals surface area contributed by atoms with Crippen LogP contribution in [0.4, 0.5) is 17.1 Å². The molecule has 294 valence electrons. The minimum absolute atomic E-state index is 0.848. The quantitative estimate of drug-likeness (QED) is 0.157. The smallest absolute Gasteiger partial charge is 0.159 e. The number of anilines is 3. The number of hydrogen-bond donors (Lipinski definition) is 0. The van der Waals surface area contributed by atoms with Crippen LogP contribution < -0.4 is 4.90 Å². The Hall–Kier alpha value is -8.40. The molecule has 0 unspecified atom stereocenters. The van der Waals surface area contributed by atoms with E-state index in [9.17, 15) is 0 Å². The Morgan fingerprint density at radius 3 is 1.70 bits per heavy atom. The number of rotatable bonds is 6. The summed E-state index contributed by atoms with van der Waals surface area (Å²) < 4.78 is 13.3. The lowest BCUT2D eigenvalue weighted by Gasteiger charge is -2.26. The summed E-state index contributed by atoms with van der Waals surface area (Å²) >= 11 is 0. The fraction of sp³-hybridized carbons (Fsp3) is 0. The normalized spacial score (nSPS) is 11.8. The summed E-state index contributed by atoms with van der Waals surface area (Å²) in [5, 5.41) is 11.7. The van der Waals surface area contributed by atoms with Crippen molar-refractivity contribution in [1.29, 1.82) is 0 Å². The van der Waals surface area contributed by atoms with E-state index >= 15 is 0 Å². The minimum Gasteiger partial charge on any atom is -0.456 e. The fourth-order valence-electron chi connectivity index (χ4n) is 9.80. The van der Waals surface area contributed by atoms with Gasteiger partial charge in [0.1, 0.15) is 16.7 Å². The largest absolute Gasteiger partial charge is 0.456 e. The molecule has 3 nitrogen and oxygen atoms in total. The highest BCUT2D eigenvalue weighted by molar-refractivity contribution is 6.15. The van der Waals surface area contributed by atoms with Crippen molar-refractivity contribution in [3.8, 4) is 33.4 Å². The summed E-state index contributed by atoms with van der Waals surface area (Å²) in [6.45, 7) is 0. The van der Waals surface area contributed by atoms with Gasteiger partial charge in [-0.25, -0.2) is 0 Å². The van der Waals surface area contributed by atoms with Gasteiger partial charge in [-0.3, -0.25) is 0 Å². The molecule has 0 saturated carbocycles. The second-order valence-corrected chi connectivity index (χ2v) is 16.4. The van der Waals surface area contributed by atoms with Crippen molar-refractivity contribution in [3.63, 3.8) is 0 Å². The summed E-state index contributed by atoms with van der Waals surface area (Å²) in [6.07, 6.45) is 0. The Bertz CT molecular complexity index is 3910. The van der Waals surface area contributed by atoms with Crippen molar-refractivity contribution in [2.45, 2.75) is 0 Å². The fourth-order valence-corrected chi connectivity index (χ4v) is 9.80. The maximum Gasteiger partial charge on any atom is 0.159 e. The Balaban J connectivity index is 0.951. The molecule has 0 amide bonds. The predicted octanol–water partition coefficient (Wildman–Crippen LogP) is 17.4. The molecule has 2 aromatic heterocycles. The number of para-hydroxylation sites is 3. The number of fused-ring (bicyclic) bond motifs is 10. The summed E-state index contributed by atoms with van der Waals surface area (Å²) in [7, 11) is 0. The van der Waals surface area contributed by atoms with Crippen LogP contribution in [0.25, 0.3) is 110 Å². The molecular weight excluding hydrogens is 767 g/mol. The maximum absolute atomic E-state index is 7.02. The second kappa shape index (κ2) is 14.1. The molecule has 13 rings (SSSR count). The molecule has 0 atom stereocenters. The molecule has 0 aliphatic rings. The Morgan fingerprint density at radius 2 is 0.841 bits per heavy atom. The van der Waals surface area contributed by atoms with Gasteiger partial charge in [0.05, 0.1) is 5.69 Å². The molecule has 0 aliphatic carbocycles. The first-order valence-electron chi connectivity index (χ1n) is 21.5. The van der Waals surface area contributed by atoms with Crippen LogP contribution in [0, 0.1) is 0 Å². The van der Waals surface area contributed by atoms with E-state index in [0.29, 0.717) is 0 Å². The highest BCUT2D eigenvalue weighted by Gasteiger charge is 2.22. The van der Waals surface area contributed by atoms with Crippen LogP contribution in [0.5, 0.6) is 0 Å². The van der Waals surface area contributed by atoms with Gasteiger partial charge in [0, 0.05) is 38.5 Å². The van der Waals surface area contributed by atoms with Crippen LogP contribution in [0.1, 0.15) is 0 Å². The van der Waals surface area contributed by atoms with E-state index in [1.165, 1.54) is 38.1 Å². The first kappa shape index (κ1) is 35.4. The average molecular weight is 804 g/mol. The molecule has 11 aromatic carbocycles. The maximum atomic E-state index is 7.02. The number of hydrogen-bond acceptors (Lipinski definition) is 3. The third-order valence-corrected chi connectivity index (χ3v) is 12.8. The van der Waals surface area contributed by atoms with Gasteiger partial charge in [-0.2, -0.15) is 0 Å². The SMILES string of the molecule is c1ccc(-c2cccc3c2oc2c(N(c4ccc(-c5cccc6ccccc56)cc4)c4ccc5c(ccc6cc(-c7ccc8c(c7)oc7ccccc78)ccc65)c4)cccc23)cc1. The Labute approximate surface area is 363 Å². The molecule has 0 aliphatic heterocycles. The lowest BCUT2D eigenvalue weighted by Crippen LogP contribution is -2.10. The highest BCUT2D eigenvalue weighted by Crippen LogP contribution is 2.45. The van der Waals surface area contributed by atoms with Gasteiger partial charge in [-0.05, 0) is 115 Å². The molecule has 0 N–H and O–H groups in total. The van der Waals surface area contributed by atoms with Crippen molar-refractivity contribution in [2.75, 3.05) is 4.90 Å². The zero-order valence-corrected chi connectivity index (χ0v) is 34.1. The summed E-state index contributed by atoms with van der Waals surface area (Å²) in [6, 6.07) is 80.5. The molecule has 0 radical (unpaired) electrons. The summed E-state index contributed by atoms with van der Waals surface area (Å²) in [4.78, 5) is 2.35. The second-order valence-electron chi connectivity index (χ2n) is 16.4. The first-order valence-corrected chi connectivity index (χ1v) is 21.5. The Kier molecular flexibility index (Phi) is 7.91. The van der Waals surface area contributed by atoms with Crippen LogP contribution >= 0.6 is 0 Å². The standard InChI is InChI=1S/C60H37NO2/c1-2-11-39(12-3-1)51-18-9-19-54-55-20-10-21-56(60(55)63-59(51)54)61(45-29-25-40(26-30-45)48-17-8-14-38-13-4-5-15-47(38)48)46-31-34-50-44(36-46)24-23-43-35-41(27-32-49(43)50)42-28-33-53-52-16-6-7-22-57(52)62-58(53)37-42/h1-37H. The molecule has 0 saturated heterocycles. The third-order valence-electron chi connectivity index (χ3n) is 12.8. The van der Waals surface area contributed by atoms with Gasteiger partial charge >= 0.3 is 0 Å². The van der Waals surface area contributed by atoms with Crippen molar-refractivity contribution < 1.29 is 8.83 Å². The van der Waals surface area contributed by atoms with Crippen LogP contribution in [0.3, 0.4) is 0 Å². The van der Waals surface area contributed by atoms with Gasteiger partial charge in [-0.1, -0.05) is 170 Å². The molecule has 3 heteroatoms. The van der Waals surface area contributed by atoms with Gasteiger partial charge in [0.15, 0.2) is 5.58 Å². The topological polar surface area (TPSA) is 29.5 Å². The van der Waals surface area contributed by atoms with Crippen molar-refractivity contribution >= 4 is 93.3 Å². The molecule has 0 fully saturated rings. The van der Waals surface area contributed by atoms with Crippen LogP contribution in [-0.4, -0.2) is 0 Å². The average Bonchev–Trinajstić information content (AvgIpc) is 3.93. The Morgan fingerprint density at radius 1 is 0.270 bits per heavy atom. The number of furan rings is 2. The number of benzene rings is 11. The van der Waals surface area contributed by atoms with E-state index in [1.54, 1.807) is 0 Å². The first-order chi connectivity index (χ1) is 31.2. The van der Waals surface area contributed by atoms with E-state index < -0.39 is 0 Å². The van der Waals surface area contributed by atoms with Crippen molar-refractivity contribution in [2.24, 2.45) is 0 Å². The van der Waals surface area contributed by atoms with E-state index in [0.717, 1.165) is 88.6 Å². The van der Waals surface area contributed by atoms with E-state index in [1.807, 2.05) is 12.1 Å². The lowest BCUT2D eigenvalue weighted by atomic mass is 9.96. The molecule has 63 heavy (non-hydrogen) atoms. The number of nitrogens with zero attached hydrogens (tertiary/aromatic N) is 1. The van der Waals surface area contributed by atoms with Crippen molar-refractivity contribution in [3.05, 3.63) is 224 Å². The zero-order valence-electron chi connectivity index (χ0n) is 34.1. The van der Waals surface area contributed by atoms with Crippen LogP contribution in [-0.2, 0) is 0 Å². The summed E-state index contributed by atoms with van der Waals surface area (Å²) in [5.74, 6) is 0. The van der Waals surface area contributed by atoms with E-state index in [-0.39, 0.29) is 0 Å². The van der Waals surface area contributed by atoms with Crippen LogP contribution in [0.2, 0.25) is 0 Å². The van der Waals surface area contributed by atoms with Crippen LogP contribution in [0.15, 0.2) is 233 Å². The molecular formula is C60H37NO2. The monoisotopic (exact) mass is 803 g/mol. The molecule has 2 heterocycles. The molecule has 0 bridgehead atoms.